The molecule has 1 heterocycles. The highest BCUT2D eigenvalue weighted by atomic mass is 16.6. The molecule has 0 spiro atoms. The van der Waals surface area contributed by atoms with Crippen molar-refractivity contribution in [2.45, 2.75) is 13.8 Å². The number of hydrogen-bond donors (Lipinski definition) is 0. The maximum atomic E-state index is 11.9. The van der Waals surface area contributed by atoms with Crippen molar-refractivity contribution in [2.24, 2.45) is 0 Å². The van der Waals surface area contributed by atoms with E-state index in [0.717, 1.165) is 11.3 Å². The number of ketones is 1. The number of allylic oxidation sites excluding steroid dienone is 1. The molecule has 106 valence electrons. The van der Waals surface area contributed by atoms with Crippen LogP contribution in [0.4, 0.5) is 5.69 Å². The van der Waals surface area contributed by atoms with Crippen LogP contribution >= 0.6 is 0 Å². The van der Waals surface area contributed by atoms with Gasteiger partial charge >= 0.3 is 0 Å². The summed E-state index contributed by atoms with van der Waals surface area (Å²) in [6.45, 7) is 3.29. The maximum absolute atomic E-state index is 11.9. The molecule has 0 fully saturated rings. The summed E-state index contributed by atoms with van der Waals surface area (Å²) in [6.07, 6.45) is 3.31. The molecule has 0 saturated carbocycles. The zero-order valence-electron chi connectivity index (χ0n) is 11.7. The molecular formula is C16H14N2O3. The zero-order chi connectivity index (χ0) is 15.4. The highest BCUT2D eigenvalue weighted by Gasteiger charge is 2.12. The number of rotatable bonds is 4. The predicted octanol–water partition coefficient (Wildman–Crippen LogP) is 3.43. The SMILES string of the molecule is CC(=O)C(=Cc1cccc([N+](=O)[O-])c1)c1cccnc1C. The largest absolute Gasteiger partial charge is 0.294 e. The van der Waals surface area contributed by atoms with Crippen molar-refractivity contribution in [3.63, 3.8) is 0 Å². The van der Waals surface area contributed by atoms with Crippen molar-refractivity contribution in [3.05, 3.63) is 69.5 Å². The van der Waals surface area contributed by atoms with Gasteiger partial charge in [0.2, 0.25) is 0 Å². The molecule has 0 amide bonds. The Morgan fingerprint density at radius 2 is 2.05 bits per heavy atom. The third-order valence-electron chi connectivity index (χ3n) is 3.07. The second-order valence-electron chi connectivity index (χ2n) is 4.60. The van der Waals surface area contributed by atoms with Crippen LogP contribution in [0.15, 0.2) is 42.6 Å². The van der Waals surface area contributed by atoms with Gasteiger partial charge in [-0.3, -0.25) is 19.9 Å². The van der Waals surface area contributed by atoms with E-state index >= 15 is 0 Å². The summed E-state index contributed by atoms with van der Waals surface area (Å²) in [5, 5.41) is 10.8. The lowest BCUT2D eigenvalue weighted by Crippen LogP contribution is -1.99. The van der Waals surface area contributed by atoms with E-state index in [4.69, 9.17) is 0 Å². The first-order valence-electron chi connectivity index (χ1n) is 6.38. The first-order valence-corrected chi connectivity index (χ1v) is 6.38. The third kappa shape index (κ3) is 3.39. The number of benzene rings is 1. The number of hydrogen-bond acceptors (Lipinski definition) is 4. The first kappa shape index (κ1) is 14.6. The van der Waals surface area contributed by atoms with E-state index in [1.807, 2.05) is 13.0 Å². The molecule has 0 unspecified atom stereocenters. The molecule has 0 aliphatic rings. The van der Waals surface area contributed by atoms with Crippen LogP contribution in [0.1, 0.15) is 23.7 Å². The number of carbonyl (C=O) groups is 1. The van der Waals surface area contributed by atoms with E-state index < -0.39 is 4.92 Å². The molecule has 0 atom stereocenters. The van der Waals surface area contributed by atoms with Gasteiger partial charge in [-0.1, -0.05) is 18.2 Å². The normalized spacial score (nSPS) is 11.2. The fourth-order valence-electron chi connectivity index (χ4n) is 2.03. The van der Waals surface area contributed by atoms with Crippen molar-refractivity contribution >= 4 is 23.1 Å². The van der Waals surface area contributed by atoms with Crippen molar-refractivity contribution < 1.29 is 9.72 Å². The van der Waals surface area contributed by atoms with Crippen LogP contribution in [0, 0.1) is 17.0 Å². The Bertz CT molecular complexity index is 736. The number of nitro benzene ring substituents is 1. The number of nitro groups is 1. The van der Waals surface area contributed by atoms with Crippen molar-refractivity contribution in [2.75, 3.05) is 0 Å². The van der Waals surface area contributed by atoms with E-state index in [1.54, 1.807) is 30.5 Å². The van der Waals surface area contributed by atoms with Gasteiger partial charge in [-0.2, -0.15) is 0 Å². The number of aryl methyl sites for hydroxylation is 1. The molecule has 0 N–H and O–H groups in total. The summed E-state index contributed by atoms with van der Waals surface area (Å²) in [6, 6.07) is 9.74. The Hall–Kier alpha value is -2.82. The van der Waals surface area contributed by atoms with Crippen LogP contribution in [0.3, 0.4) is 0 Å². The average molecular weight is 282 g/mol. The third-order valence-corrected chi connectivity index (χ3v) is 3.07. The van der Waals surface area contributed by atoms with E-state index in [0.29, 0.717) is 11.1 Å². The average Bonchev–Trinajstić information content (AvgIpc) is 2.45. The standard InChI is InChI=1S/C16H14N2O3/c1-11-15(7-4-8-17-11)16(12(2)19)10-13-5-3-6-14(9-13)18(20)21/h3-10H,1-2H3. The van der Waals surface area contributed by atoms with Gasteiger partial charge in [-0.25, -0.2) is 0 Å². The molecule has 21 heavy (non-hydrogen) atoms. The summed E-state index contributed by atoms with van der Waals surface area (Å²) in [7, 11) is 0. The molecule has 0 radical (unpaired) electrons. The molecule has 5 nitrogen and oxygen atoms in total. The molecule has 0 saturated heterocycles. The molecule has 2 aromatic rings. The summed E-state index contributed by atoms with van der Waals surface area (Å²) in [5.74, 6) is -0.113. The summed E-state index contributed by atoms with van der Waals surface area (Å²) < 4.78 is 0. The molecule has 5 heteroatoms. The Kier molecular flexibility index (Phi) is 4.23. The van der Waals surface area contributed by atoms with Gasteiger partial charge in [0, 0.05) is 35.2 Å². The molecule has 1 aromatic heterocycles. The lowest BCUT2D eigenvalue weighted by atomic mass is 9.98. The van der Waals surface area contributed by atoms with Crippen LogP contribution < -0.4 is 0 Å². The number of aromatic nitrogens is 1. The number of non-ortho nitro benzene ring substituents is 1. The smallest absolute Gasteiger partial charge is 0.270 e. The maximum Gasteiger partial charge on any atom is 0.270 e. The monoisotopic (exact) mass is 282 g/mol. The molecule has 1 aromatic carbocycles. The number of carbonyl (C=O) groups excluding carboxylic acids is 1. The molecular weight excluding hydrogens is 268 g/mol. The minimum absolute atomic E-state index is 0.00504. The first-order chi connectivity index (χ1) is 9.99. The Labute approximate surface area is 122 Å². The van der Waals surface area contributed by atoms with E-state index in [2.05, 4.69) is 4.98 Å². The van der Waals surface area contributed by atoms with Crippen LogP contribution in [0.25, 0.3) is 11.6 Å². The fraction of sp³-hybridized carbons (Fsp3) is 0.125. The van der Waals surface area contributed by atoms with Crippen LogP contribution in [-0.2, 0) is 4.79 Å². The van der Waals surface area contributed by atoms with Crippen molar-refractivity contribution in [1.82, 2.24) is 4.98 Å². The molecule has 0 aliphatic heterocycles. The molecule has 2 rings (SSSR count). The van der Waals surface area contributed by atoms with Crippen LogP contribution in [-0.4, -0.2) is 15.7 Å². The Morgan fingerprint density at radius 1 is 1.29 bits per heavy atom. The van der Waals surface area contributed by atoms with Gasteiger partial charge in [-0.15, -0.1) is 0 Å². The van der Waals surface area contributed by atoms with Crippen LogP contribution in [0.2, 0.25) is 0 Å². The fourth-order valence-corrected chi connectivity index (χ4v) is 2.03. The summed E-state index contributed by atoms with van der Waals surface area (Å²) in [5.41, 5.74) is 2.56. The lowest BCUT2D eigenvalue weighted by molar-refractivity contribution is -0.384. The highest BCUT2D eigenvalue weighted by molar-refractivity contribution is 6.24. The van der Waals surface area contributed by atoms with E-state index in [1.165, 1.54) is 19.1 Å². The van der Waals surface area contributed by atoms with E-state index in [9.17, 15) is 14.9 Å². The second kappa shape index (κ2) is 6.09. The van der Waals surface area contributed by atoms with Gasteiger partial charge in [0.1, 0.15) is 0 Å². The van der Waals surface area contributed by atoms with Crippen molar-refractivity contribution in [1.29, 1.82) is 0 Å². The number of pyridine rings is 1. The quantitative estimate of drug-likeness (QED) is 0.489. The highest BCUT2D eigenvalue weighted by Crippen LogP contribution is 2.23. The Morgan fingerprint density at radius 3 is 2.67 bits per heavy atom. The molecule has 0 bridgehead atoms. The number of Topliss-reactive ketones (excluding diaryl/α,β-unsaturated/α-hetero) is 1. The van der Waals surface area contributed by atoms with Crippen LogP contribution in [0.5, 0.6) is 0 Å². The second-order valence-corrected chi connectivity index (χ2v) is 4.60. The van der Waals surface area contributed by atoms with E-state index in [-0.39, 0.29) is 11.5 Å². The minimum atomic E-state index is -0.458. The lowest BCUT2D eigenvalue weighted by Gasteiger charge is -2.07. The zero-order valence-corrected chi connectivity index (χ0v) is 11.7. The Balaban J connectivity index is 2.53. The van der Waals surface area contributed by atoms with Gasteiger partial charge in [0.15, 0.2) is 5.78 Å². The van der Waals surface area contributed by atoms with Gasteiger partial charge < -0.3 is 0 Å². The van der Waals surface area contributed by atoms with Crippen molar-refractivity contribution in [3.8, 4) is 0 Å². The molecule has 0 aliphatic carbocycles. The minimum Gasteiger partial charge on any atom is -0.294 e. The topological polar surface area (TPSA) is 73.1 Å². The number of nitrogens with zero attached hydrogens (tertiary/aromatic N) is 2. The van der Waals surface area contributed by atoms with Gasteiger partial charge in [0.05, 0.1) is 4.92 Å². The van der Waals surface area contributed by atoms with Gasteiger partial charge in [-0.05, 0) is 31.6 Å². The summed E-state index contributed by atoms with van der Waals surface area (Å²) >= 11 is 0. The predicted molar refractivity (Wildman–Crippen MR) is 80.6 cm³/mol. The van der Waals surface area contributed by atoms with Gasteiger partial charge in [0.25, 0.3) is 5.69 Å². The summed E-state index contributed by atoms with van der Waals surface area (Å²) in [4.78, 5) is 26.4.